The van der Waals surface area contributed by atoms with Gasteiger partial charge >= 0.3 is 0 Å². The molecule has 15 heavy (non-hydrogen) atoms. The molecular formula is C11H22N4. The number of aryl methyl sites for hydroxylation is 2. The lowest BCUT2D eigenvalue weighted by Crippen LogP contribution is -2.36. The van der Waals surface area contributed by atoms with Crippen molar-refractivity contribution < 1.29 is 0 Å². The number of nitrogens with zero attached hydrogens (tertiary/aromatic N) is 3. The van der Waals surface area contributed by atoms with E-state index in [1.807, 2.05) is 26.5 Å². The second kappa shape index (κ2) is 5.88. The van der Waals surface area contributed by atoms with Gasteiger partial charge in [-0.3, -0.25) is 0 Å². The first-order valence-corrected chi connectivity index (χ1v) is 5.41. The van der Waals surface area contributed by atoms with Gasteiger partial charge in [-0.2, -0.15) is 0 Å². The van der Waals surface area contributed by atoms with E-state index in [0.717, 1.165) is 25.2 Å². The second-order valence-electron chi connectivity index (χ2n) is 4.24. The Labute approximate surface area is 92.3 Å². The standard InChI is InChI=1S/C11H22N4/c1-12-10(9-14(2)3)5-6-11-13-7-8-15(11)4/h7-8,10,12H,5-6,9H2,1-4H3. The summed E-state index contributed by atoms with van der Waals surface area (Å²) in [5, 5.41) is 3.34. The summed E-state index contributed by atoms with van der Waals surface area (Å²) in [5.41, 5.74) is 0. The highest BCUT2D eigenvalue weighted by Gasteiger charge is 2.08. The molecule has 1 heterocycles. The molecule has 0 aromatic carbocycles. The molecule has 0 saturated carbocycles. The lowest BCUT2D eigenvalue weighted by molar-refractivity contribution is 0.336. The van der Waals surface area contributed by atoms with Crippen LogP contribution in [0.2, 0.25) is 0 Å². The zero-order chi connectivity index (χ0) is 11.3. The quantitative estimate of drug-likeness (QED) is 0.742. The lowest BCUT2D eigenvalue weighted by atomic mass is 10.1. The molecule has 1 unspecified atom stereocenters. The number of rotatable bonds is 6. The minimum Gasteiger partial charge on any atom is -0.338 e. The Hall–Kier alpha value is -0.870. The SMILES string of the molecule is CNC(CCc1nccn1C)CN(C)C. The van der Waals surface area contributed by atoms with Crippen LogP contribution in [0.3, 0.4) is 0 Å². The molecule has 1 aromatic rings. The first-order valence-electron chi connectivity index (χ1n) is 5.41. The smallest absolute Gasteiger partial charge is 0.108 e. The zero-order valence-electron chi connectivity index (χ0n) is 10.2. The van der Waals surface area contributed by atoms with Gasteiger partial charge in [-0.1, -0.05) is 0 Å². The monoisotopic (exact) mass is 210 g/mol. The molecule has 1 rings (SSSR count). The topological polar surface area (TPSA) is 33.1 Å². The summed E-state index contributed by atoms with van der Waals surface area (Å²) < 4.78 is 2.09. The van der Waals surface area contributed by atoms with Crippen molar-refractivity contribution in [1.82, 2.24) is 19.8 Å². The lowest BCUT2D eigenvalue weighted by Gasteiger charge is -2.20. The van der Waals surface area contributed by atoms with Gasteiger partial charge in [0, 0.05) is 38.4 Å². The second-order valence-corrected chi connectivity index (χ2v) is 4.24. The summed E-state index contributed by atoms with van der Waals surface area (Å²) >= 11 is 0. The Morgan fingerprint density at radius 3 is 2.73 bits per heavy atom. The minimum atomic E-state index is 0.539. The Morgan fingerprint density at radius 1 is 1.53 bits per heavy atom. The van der Waals surface area contributed by atoms with Gasteiger partial charge in [-0.15, -0.1) is 0 Å². The molecule has 0 aliphatic rings. The van der Waals surface area contributed by atoms with Crippen LogP contribution >= 0.6 is 0 Å². The van der Waals surface area contributed by atoms with Crippen LogP contribution in [-0.2, 0) is 13.5 Å². The molecule has 0 amide bonds. The zero-order valence-corrected chi connectivity index (χ0v) is 10.2. The van der Waals surface area contributed by atoms with Crippen molar-refractivity contribution in [2.45, 2.75) is 18.9 Å². The van der Waals surface area contributed by atoms with E-state index in [4.69, 9.17) is 0 Å². The summed E-state index contributed by atoms with van der Waals surface area (Å²) in [4.78, 5) is 6.53. The van der Waals surface area contributed by atoms with Crippen LogP contribution in [0.1, 0.15) is 12.2 Å². The Morgan fingerprint density at radius 2 is 2.27 bits per heavy atom. The molecule has 1 aromatic heterocycles. The average Bonchev–Trinajstić information content (AvgIpc) is 2.58. The highest BCUT2D eigenvalue weighted by molar-refractivity contribution is 4.92. The third-order valence-electron chi connectivity index (χ3n) is 2.63. The number of hydrogen-bond acceptors (Lipinski definition) is 3. The number of hydrogen-bond donors (Lipinski definition) is 1. The molecule has 86 valence electrons. The average molecular weight is 210 g/mol. The van der Waals surface area contributed by atoms with Gasteiger partial charge in [0.05, 0.1) is 0 Å². The highest BCUT2D eigenvalue weighted by atomic mass is 15.1. The predicted molar refractivity (Wildman–Crippen MR) is 62.9 cm³/mol. The Bertz CT molecular complexity index is 280. The van der Waals surface area contributed by atoms with Gasteiger partial charge in [-0.25, -0.2) is 4.98 Å². The van der Waals surface area contributed by atoms with Crippen LogP contribution in [0.15, 0.2) is 12.4 Å². The maximum Gasteiger partial charge on any atom is 0.108 e. The molecule has 0 spiro atoms. The molecule has 0 bridgehead atoms. The van der Waals surface area contributed by atoms with Crippen molar-refractivity contribution in [2.24, 2.45) is 7.05 Å². The molecule has 4 heteroatoms. The van der Waals surface area contributed by atoms with Crippen molar-refractivity contribution in [2.75, 3.05) is 27.7 Å². The minimum absolute atomic E-state index is 0.539. The predicted octanol–water partition coefficient (Wildman–Crippen LogP) is 0.502. The van der Waals surface area contributed by atoms with E-state index < -0.39 is 0 Å². The number of aromatic nitrogens is 2. The van der Waals surface area contributed by atoms with E-state index in [1.54, 1.807) is 0 Å². The molecule has 0 aliphatic carbocycles. The normalized spacial score (nSPS) is 13.4. The van der Waals surface area contributed by atoms with Crippen molar-refractivity contribution in [3.05, 3.63) is 18.2 Å². The van der Waals surface area contributed by atoms with Gasteiger partial charge in [0.15, 0.2) is 0 Å². The maximum absolute atomic E-state index is 4.32. The van der Waals surface area contributed by atoms with Gasteiger partial charge in [0.2, 0.25) is 0 Å². The van der Waals surface area contributed by atoms with Crippen molar-refractivity contribution in [3.8, 4) is 0 Å². The molecule has 1 atom stereocenters. The third kappa shape index (κ3) is 4.01. The largest absolute Gasteiger partial charge is 0.338 e. The summed E-state index contributed by atoms with van der Waals surface area (Å²) in [6, 6.07) is 0.539. The molecule has 0 fully saturated rings. The van der Waals surface area contributed by atoms with Gasteiger partial charge in [0.25, 0.3) is 0 Å². The van der Waals surface area contributed by atoms with E-state index in [1.165, 1.54) is 0 Å². The van der Waals surface area contributed by atoms with E-state index >= 15 is 0 Å². The summed E-state index contributed by atoms with van der Waals surface area (Å²) in [5.74, 6) is 1.16. The number of imidazole rings is 1. The number of nitrogens with one attached hydrogen (secondary N) is 1. The molecule has 0 radical (unpaired) electrons. The first kappa shape index (κ1) is 12.2. The molecule has 1 N–H and O–H groups in total. The van der Waals surface area contributed by atoms with Crippen LogP contribution in [-0.4, -0.2) is 48.2 Å². The Kier molecular flexibility index (Phi) is 4.78. The highest BCUT2D eigenvalue weighted by Crippen LogP contribution is 2.02. The van der Waals surface area contributed by atoms with Crippen LogP contribution in [0, 0.1) is 0 Å². The van der Waals surface area contributed by atoms with Gasteiger partial charge in [-0.05, 0) is 27.6 Å². The molecular weight excluding hydrogens is 188 g/mol. The van der Waals surface area contributed by atoms with E-state index in [2.05, 4.69) is 33.9 Å². The number of likely N-dealkylation sites (N-methyl/N-ethyl adjacent to an activating group) is 2. The summed E-state index contributed by atoms with van der Waals surface area (Å²) in [6.07, 6.45) is 6.01. The fraction of sp³-hybridized carbons (Fsp3) is 0.727. The first-order chi connectivity index (χ1) is 7.13. The van der Waals surface area contributed by atoms with Crippen LogP contribution in [0.5, 0.6) is 0 Å². The molecule has 0 saturated heterocycles. The fourth-order valence-electron chi connectivity index (χ4n) is 1.71. The van der Waals surface area contributed by atoms with Crippen LogP contribution < -0.4 is 5.32 Å². The maximum atomic E-state index is 4.32. The fourth-order valence-corrected chi connectivity index (χ4v) is 1.71. The van der Waals surface area contributed by atoms with E-state index in [0.29, 0.717) is 6.04 Å². The van der Waals surface area contributed by atoms with Crippen molar-refractivity contribution >= 4 is 0 Å². The Balaban J connectivity index is 2.37. The summed E-state index contributed by atoms with van der Waals surface area (Å²) in [7, 11) is 8.27. The van der Waals surface area contributed by atoms with Crippen molar-refractivity contribution in [1.29, 1.82) is 0 Å². The van der Waals surface area contributed by atoms with E-state index in [-0.39, 0.29) is 0 Å². The van der Waals surface area contributed by atoms with Gasteiger partial charge in [0.1, 0.15) is 5.82 Å². The van der Waals surface area contributed by atoms with Crippen LogP contribution in [0.25, 0.3) is 0 Å². The third-order valence-corrected chi connectivity index (χ3v) is 2.63. The molecule has 4 nitrogen and oxygen atoms in total. The van der Waals surface area contributed by atoms with Crippen LogP contribution in [0.4, 0.5) is 0 Å². The summed E-state index contributed by atoms with van der Waals surface area (Å²) in [6.45, 7) is 1.07. The van der Waals surface area contributed by atoms with Gasteiger partial charge < -0.3 is 14.8 Å². The molecule has 0 aliphatic heterocycles. The van der Waals surface area contributed by atoms with E-state index in [9.17, 15) is 0 Å². The van der Waals surface area contributed by atoms with Crippen molar-refractivity contribution in [3.63, 3.8) is 0 Å².